The van der Waals surface area contributed by atoms with Crippen molar-refractivity contribution in [3.8, 4) is 0 Å². The minimum atomic E-state index is 0.275. The van der Waals surface area contributed by atoms with Crippen molar-refractivity contribution < 1.29 is 9.47 Å². The summed E-state index contributed by atoms with van der Waals surface area (Å²) < 4.78 is 10.6. The molecule has 120 valence electrons. The van der Waals surface area contributed by atoms with Gasteiger partial charge in [-0.25, -0.2) is 0 Å². The monoisotopic (exact) mass is 312 g/mol. The van der Waals surface area contributed by atoms with Gasteiger partial charge in [-0.05, 0) is 24.8 Å². The number of methoxy groups -OCH3 is 2. The van der Waals surface area contributed by atoms with Crippen molar-refractivity contribution in [3.63, 3.8) is 0 Å². The summed E-state index contributed by atoms with van der Waals surface area (Å²) >= 11 is 1.84. The third-order valence-electron chi connectivity index (χ3n) is 3.40. The quantitative estimate of drug-likeness (QED) is 0.673. The van der Waals surface area contributed by atoms with E-state index in [4.69, 9.17) is 15.2 Å². The number of thioether (sulfide) groups is 1. The number of benzene rings is 1. The Morgan fingerprint density at radius 2 is 2.05 bits per heavy atom. The SMILES string of the molecule is CCSc1cccc(N(CCOC)C(C)COC)c1CN. The summed E-state index contributed by atoms with van der Waals surface area (Å²) in [6.45, 7) is 7.06. The third kappa shape index (κ3) is 5.18. The predicted molar refractivity (Wildman–Crippen MR) is 91.3 cm³/mol. The summed E-state index contributed by atoms with van der Waals surface area (Å²) in [5.74, 6) is 1.04. The van der Waals surface area contributed by atoms with Crippen molar-refractivity contribution in [2.24, 2.45) is 5.73 Å². The van der Waals surface area contributed by atoms with Crippen molar-refractivity contribution in [3.05, 3.63) is 23.8 Å². The Hall–Kier alpha value is -0.750. The molecule has 0 fully saturated rings. The maximum absolute atomic E-state index is 6.02. The summed E-state index contributed by atoms with van der Waals surface area (Å²) in [6.07, 6.45) is 0. The van der Waals surface area contributed by atoms with Crippen LogP contribution in [0.3, 0.4) is 0 Å². The average Bonchev–Trinajstić information content (AvgIpc) is 2.48. The molecule has 0 spiro atoms. The van der Waals surface area contributed by atoms with E-state index in [-0.39, 0.29) is 6.04 Å². The Labute approximate surface area is 133 Å². The summed E-state index contributed by atoms with van der Waals surface area (Å²) in [5, 5.41) is 0. The van der Waals surface area contributed by atoms with Crippen LogP contribution in [0.5, 0.6) is 0 Å². The largest absolute Gasteiger partial charge is 0.383 e. The molecule has 0 bridgehead atoms. The summed E-state index contributed by atoms with van der Waals surface area (Å²) in [7, 11) is 3.46. The molecule has 1 aromatic rings. The van der Waals surface area contributed by atoms with Gasteiger partial charge >= 0.3 is 0 Å². The number of hydrogen-bond acceptors (Lipinski definition) is 5. The van der Waals surface area contributed by atoms with Gasteiger partial charge in [-0.3, -0.25) is 0 Å². The van der Waals surface area contributed by atoms with Gasteiger partial charge in [-0.1, -0.05) is 13.0 Å². The van der Waals surface area contributed by atoms with Gasteiger partial charge < -0.3 is 20.1 Å². The zero-order chi connectivity index (χ0) is 15.7. The third-order valence-corrected chi connectivity index (χ3v) is 4.38. The molecule has 1 atom stereocenters. The van der Waals surface area contributed by atoms with Crippen molar-refractivity contribution in [2.45, 2.75) is 31.3 Å². The van der Waals surface area contributed by atoms with Crippen LogP contribution in [0.15, 0.2) is 23.1 Å². The van der Waals surface area contributed by atoms with E-state index >= 15 is 0 Å². The maximum Gasteiger partial charge on any atom is 0.0663 e. The molecule has 1 rings (SSSR count). The molecule has 0 aromatic heterocycles. The Bertz CT molecular complexity index is 415. The highest BCUT2D eigenvalue weighted by Crippen LogP contribution is 2.31. The molecular weight excluding hydrogens is 284 g/mol. The first-order valence-corrected chi connectivity index (χ1v) is 8.37. The van der Waals surface area contributed by atoms with Crippen molar-refractivity contribution in [1.82, 2.24) is 0 Å². The van der Waals surface area contributed by atoms with Crippen LogP contribution in [0.2, 0.25) is 0 Å². The lowest BCUT2D eigenvalue weighted by atomic mass is 10.1. The van der Waals surface area contributed by atoms with Gasteiger partial charge in [0.15, 0.2) is 0 Å². The Kier molecular flexibility index (Phi) is 8.76. The molecule has 1 aromatic carbocycles. The highest BCUT2D eigenvalue weighted by atomic mass is 32.2. The molecule has 4 nitrogen and oxygen atoms in total. The molecule has 0 radical (unpaired) electrons. The number of nitrogens with two attached hydrogens (primary N) is 1. The molecule has 0 heterocycles. The maximum atomic E-state index is 6.02. The molecule has 0 aliphatic rings. The van der Waals surface area contributed by atoms with Crippen LogP contribution >= 0.6 is 11.8 Å². The van der Waals surface area contributed by atoms with E-state index in [1.807, 2.05) is 11.8 Å². The van der Waals surface area contributed by atoms with Crippen molar-refractivity contribution in [2.75, 3.05) is 44.6 Å². The van der Waals surface area contributed by atoms with Crippen molar-refractivity contribution in [1.29, 1.82) is 0 Å². The van der Waals surface area contributed by atoms with E-state index in [1.54, 1.807) is 14.2 Å². The second kappa shape index (κ2) is 10.1. The standard InChI is InChI=1S/C16H28N2O2S/c1-5-21-16-8-6-7-15(14(16)11-17)18(9-10-19-3)13(2)12-20-4/h6-8,13H,5,9-12,17H2,1-4H3. The zero-order valence-corrected chi connectivity index (χ0v) is 14.4. The van der Waals surface area contributed by atoms with Gasteiger partial charge in [0.1, 0.15) is 0 Å². The van der Waals surface area contributed by atoms with Crippen LogP contribution in [0.1, 0.15) is 19.4 Å². The normalized spacial score (nSPS) is 12.4. The zero-order valence-electron chi connectivity index (χ0n) is 13.6. The number of anilines is 1. The van der Waals surface area contributed by atoms with E-state index in [9.17, 15) is 0 Å². The Balaban J connectivity index is 3.12. The minimum absolute atomic E-state index is 0.275. The first kappa shape index (κ1) is 18.3. The van der Waals surface area contributed by atoms with Gasteiger partial charge in [0.25, 0.3) is 0 Å². The van der Waals surface area contributed by atoms with Crippen LogP contribution in [-0.4, -0.2) is 45.8 Å². The molecular formula is C16H28N2O2S. The van der Waals surface area contributed by atoms with Crippen LogP contribution in [-0.2, 0) is 16.0 Å². The van der Waals surface area contributed by atoms with Gasteiger partial charge in [0.2, 0.25) is 0 Å². The summed E-state index contributed by atoms with van der Waals surface area (Å²) in [5.41, 5.74) is 8.42. The van der Waals surface area contributed by atoms with E-state index in [0.717, 1.165) is 12.3 Å². The molecule has 5 heteroatoms. The number of ether oxygens (including phenoxy) is 2. The molecule has 0 saturated carbocycles. The Morgan fingerprint density at radius 1 is 1.29 bits per heavy atom. The number of rotatable bonds is 10. The molecule has 0 aliphatic heterocycles. The van der Waals surface area contributed by atoms with Crippen molar-refractivity contribution >= 4 is 17.4 Å². The predicted octanol–water partition coefficient (Wildman–Crippen LogP) is 2.75. The van der Waals surface area contributed by atoms with Crippen LogP contribution in [0, 0.1) is 0 Å². The summed E-state index contributed by atoms with van der Waals surface area (Å²) in [4.78, 5) is 3.60. The first-order chi connectivity index (χ1) is 10.2. The molecule has 0 amide bonds. The fraction of sp³-hybridized carbons (Fsp3) is 0.625. The van der Waals surface area contributed by atoms with Gasteiger partial charge in [0.05, 0.1) is 13.2 Å². The van der Waals surface area contributed by atoms with E-state index in [2.05, 4.69) is 36.9 Å². The smallest absolute Gasteiger partial charge is 0.0663 e. The number of hydrogen-bond donors (Lipinski definition) is 1. The highest BCUT2D eigenvalue weighted by Gasteiger charge is 2.18. The fourth-order valence-electron chi connectivity index (χ4n) is 2.42. The van der Waals surface area contributed by atoms with E-state index < -0.39 is 0 Å². The molecule has 0 saturated heterocycles. The Morgan fingerprint density at radius 3 is 2.62 bits per heavy atom. The molecule has 1 unspecified atom stereocenters. The first-order valence-electron chi connectivity index (χ1n) is 7.38. The summed E-state index contributed by atoms with van der Waals surface area (Å²) in [6, 6.07) is 6.67. The lowest BCUT2D eigenvalue weighted by molar-refractivity contribution is 0.171. The van der Waals surface area contributed by atoms with Crippen LogP contribution < -0.4 is 10.6 Å². The average molecular weight is 312 g/mol. The van der Waals surface area contributed by atoms with E-state index in [1.165, 1.54) is 16.1 Å². The van der Waals surface area contributed by atoms with Gasteiger partial charge in [0, 0.05) is 49.5 Å². The van der Waals surface area contributed by atoms with Gasteiger partial charge in [-0.2, -0.15) is 0 Å². The van der Waals surface area contributed by atoms with Crippen LogP contribution in [0.25, 0.3) is 0 Å². The molecule has 0 aliphatic carbocycles. The number of nitrogens with zero attached hydrogens (tertiary/aromatic N) is 1. The molecule has 21 heavy (non-hydrogen) atoms. The van der Waals surface area contributed by atoms with E-state index in [0.29, 0.717) is 19.8 Å². The second-order valence-electron chi connectivity index (χ2n) is 4.88. The van der Waals surface area contributed by atoms with Crippen LogP contribution in [0.4, 0.5) is 5.69 Å². The fourth-order valence-corrected chi connectivity index (χ4v) is 3.27. The lowest BCUT2D eigenvalue weighted by Gasteiger charge is -2.33. The minimum Gasteiger partial charge on any atom is -0.383 e. The topological polar surface area (TPSA) is 47.7 Å². The van der Waals surface area contributed by atoms with Gasteiger partial charge in [-0.15, -0.1) is 11.8 Å². The highest BCUT2D eigenvalue weighted by molar-refractivity contribution is 7.99. The second-order valence-corrected chi connectivity index (χ2v) is 6.19. The molecule has 2 N–H and O–H groups in total. The lowest BCUT2D eigenvalue weighted by Crippen LogP contribution is -2.39.